The van der Waals surface area contributed by atoms with Crippen molar-refractivity contribution in [3.63, 3.8) is 0 Å². The minimum absolute atomic E-state index is 0.198. The maximum absolute atomic E-state index is 12.6. The third kappa shape index (κ3) is 35.0. The molecule has 9 heteroatoms. The van der Waals surface area contributed by atoms with Crippen LogP contribution in [0.25, 0.3) is 0 Å². The molecule has 2 atom stereocenters. The van der Waals surface area contributed by atoms with Crippen molar-refractivity contribution >= 4 is 19.8 Å². The Bertz CT molecular complexity index is 884. The normalized spacial score (nSPS) is 13.3. The number of hydrogen-bond donors (Lipinski definition) is 2. The molecule has 0 aliphatic heterocycles. The Hall–Kier alpha value is -1.47. The molecule has 50 heavy (non-hydrogen) atoms. The monoisotopic (exact) mass is 729 g/mol. The molecule has 8 nitrogen and oxygen atoms in total. The van der Waals surface area contributed by atoms with E-state index in [-0.39, 0.29) is 12.8 Å². The Morgan fingerprint density at radius 2 is 0.820 bits per heavy atom. The molecule has 0 rings (SSSR count). The van der Waals surface area contributed by atoms with E-state index in [2.05, 4.69) is 42.7 Å². The number of esters is 2. The molecule has 0 radical (unpaired) electrons. The van der Waals surface area contributed by atoms with E-state index in [0.717, 1.165) is 64.2 Å². The molecule has 2 unspecified atom stereocenters. The van der Waals surface area contributed by atoms with E-state index < -0.39 is 38.6 Å². The van der Waals surface area contributed by atoms with Crippen LogP contribution < -0.4 is 0 Å². The fourth-order valence-electron chi connectivity index (χ4n) is 5.95. The van der Waals surface area contributed by atoms with Gasteiger partial charge < -0.3 is 19.3 Å². The van der Waals surface area contributed by atoms with Gasteiger partial charge >= 0.3 is 19.8 Å². The van der Waals surface area contributed by atoms with Gasteiger partial charge in [-0.15, -0.1) is 0 Å². The van der Waals surface area contributed by atoms with Crippen molar-refractivity contribution in [2.75, 3.05) is 6.61 Å². The van der Waals surface area contributed by atoms with Crippen molar-refractivity contribution in [3.8, 4) is 0 Å². The molecule has 0 aliphatic rings. The minimum Gasteiger partial charge on any atom is -0.458 e. The van der Waals surface area contributed by atoms with Crippen LogP contribution in [0.2, 0.25) is 0 Å². The molecular formula is C41H77O8P. The molecule has 0 spiro atoms. The standard InChI is InChI=1S/C41H77O8P/c1-4-7-9-11-13-15-17-19-21-23-25-27-29-31-33-35-40(42)48-38(6-3)39(37-47-50(44,45)46)49-41(43)36-34-32-30-28-26-24-22-20-18-16-14-12-10-8-5-2/h19-22,38-39H,4-18,23-37H2,1-3H3,(H2,44,45,46)/b21-19-,22-20-. The molecule has 0 aromatic heterocycles. The van der Waals surface area contributed by atoms with Crippen LogP contribution in [-0.2, 0) is 28.2 Å². The Labute approximate surface area is 307 Å². The van der Waals surface area contributed by atoms with Crippen LogP contribution in [0.3, 0.4) is 0 Å². The van der Waals surface area contributed by atoms with Crippen molar-refractivity contribution in [1.82, 2.24) is 0 Å². The highest BCUT2D eigenvalue weighted by Gasteiger charge is 2.30. The summed E-state index contributed by atoms with van der Waals surface area (Å²) in [5, 5.41) is 0. The summed E-state index contributed by atoms with van der Waals surface area (Å²) in [4.78, 5) is 43.7. The Morgan fingerprint density at radius 1 is 0.500 bits per heavy atom. The first-order valence-corrected chi connectivity index (χ1v) is 22.1. The number of carbonyl (C=O) groups excluding carboxylic acids is 2. The van der Waals surface area contributed by atoms with Gasteiger partial charge in [0.15, 0.2) is 6.10 Å². The first-order chi connectivity index (χ1) is 24.2. The number of phosphoric ester groups is 1. The summed E-state index contributed by atoms with van der Waals surface area (Å²) in [5.74, 6) is -0.877. The predicted molar refractivity (Wildman–Crippen MR) is 207 cm³/mol. The lowest BCUT2D eigenvalue weighted by molar-refractivity contribution is -0.171. The van der Waals surface area contributed by atoms with Crippen LogP contribution >= 0.6 is 7.82 Å². The van der Waals surface area contributed by atoms with E-state index in [0.29, 0.717) is 19.3 Å². The fourth-order valence-corrected chi connectivity index (χ4v) is 6.29. The number of rotatable bonds is 37. The Kier molecular flexibility index (Phi) is 34.9. The topological polar surface area (TPSA) is 119 Å². The number of hydrogen-bond acceptors (Lipinski definition) is 6. The van der Waals surface area contributed by atoms with Gasteiger partial charge in [-0.25, -0.2) is 4.57 Å². The highest BCUT2D eigenvalue weighted by Crippen LogP contribution is 2.36. The summed E-state index contributed by atoms with van der Waals surface area (Å²) in [6, 6.07) is 0. The van der Waals surface area contributed by atoms with Gasteiger partial charge in [0.25, 0.3) is 0 Å². The van der Waals surface area contributed by atoms with Crippen LogP contribution in [0, 0.1) is 0 Å². The van der Waals surface area contributed by atoms with Crippen molar-refractivity contribution in [2.45, 2.75) is 219 Å². The number of carbonyl (C=O) groups is 2. The summed E-state index contributed by atoms with van der Waals surface area (Å²) in [6.07, 6.45) is 38.4. The first-order valence-electron chi connectivity index (χ1n) is 20.6. The largest absolute Gasteiger partial charge is 0.469 e. The molecule has 0 heterocycles. The molecule has 0 saturated carbocycles. The van der Waals surface area contributed by atoms with Gasteiger partial charge in [-0.2, -0.15) is 0 Å². The molecule has 0 fully saturated rings. The van der Waals surface area contributed by atoms with Gasteiger partial charge in [0.05, 0.1) is 6.61 Å². The molecule has 294 valence electrons. The SMILES string of the molecule is CCCCCCCC/C=C\CCCCCCCC(=O)OC(CC)C(COP(=O)(O)O)OC(=O)CCCCCCC/C=C\CCCCCCCC. The van der Waals surface area contributed by atoms with Crippen molar-refractivity contribution < 1.29 is 37.9 Å². The van der Waals surface area contributed by atoms with Crippen LogP contribution in [0.4, 0.5) is 0 Å². The van der Waals surface area contributed by atoms with E-state index in [1.54, 1.807) is 6.92 Å². The summed E-state index contributed by atoms with van der Waals surface area (Å²) in [5.41, 5.74) is 0. The van der Waals surface area contributed by atoms with E-state index >= 15 is 0 Å². The zero-order chi connectivity index (χ0) is 37.0. The summed E-state index contributed by atoms with van der Waals surface area (Å²) < 4.78 is 27.2. The van der Waals surface area contributed by atoms with Crippen molar-refractivity contribution in [3.05, 3.63) is 24.3 Å². The highest BCUT2D eigenvalue weighted by atomic mass is 31.2. The van der Waals surface area contributed by atoms with Crippen LogP contribution in [0.15, 0.2) is 24.3 Å². The molecule has 0 aliphatic carbocycles. The van der Waals surface area contributed by atoms with Gasteiger partial charge in [0.1, 0.15) is 6.10 Å². The van der Waals surface area contributed by atoms with Crippen LogP contribution in [0.5, 0.6) is 0 Å². The predicted octanol–water partition coefficient (Wildman–Crippen LogP) is 12.4. The number of allylic oxidation sites excluding steroid dienone is 4. The Morgan fingerprint density at radius 3 is 1.16 bits per heavy atom. The molecule has 2 N–H and O–H groups in total. The third-order valence-electron chi connectivity index (χ3n) is 9.08. The van der Waals surface area contributed by atoms with Crippen LogP contribution in [-0.4, -0.2) is 40.5 Å². The number of phosphoric acid groups is 1. The second kappa shape index (κ2) is 35.9. The smallest absolute Gasteiger partial charge is 0.458 e. The second-order valence-electron chi connectivity index (χ2n) is 13.9. The zero-order valence-electron chi connectivity index (χ0n) is 32.5. The van der Waals surface area contributed by atoms with Gasteiger partial charge in [0, 0.05) is 12.8 Å². The summed E-state index contributed by atoms with van der Waals surface area (Å²) in [7, 11) is -4.79. The van der Waals surface area contributed by atoms with E-state index in [9.17, 15) is 23.9 Å². The lowest BCUT2D eigenvalue weighted by Crippen LogP contribution is -2.38. The number of ether oxygens (including phenoxy) is 2. The third-order valence-corrected chi connectivity index (χ3v) is 9.56. The quantitative estimate of drug-likeness (QED) is 0.0281. The minimum atomic E-state index is -4.79. The summed E-state index contributed by atoms with van der Waals surface area (Å²) >= 11 is 0. The average molecular weight is 729 g/mol. The van der Waals surface area contributed by atoms with E-state index in [1.807, 2.05) is 0 Å². The molecule has 0 saturated heterocycles. The molecular weight excluding hydrogens is 651 g/mol. The molecule has 0 aromatic carbocycles. The van der Waals surface area contributed by atoms with E-state index in [4.69, 9.17) is 9.47 Å². The zero-order valence-corrected chi connectivity index (χ0v) is 33.4. The average Bonchev–Trinajstić information content (AvgIpc) is 3.08. The van der Waals surface area contributed by atoms with Gasteiger partial charge in [0.2, 0.25) is 0 Å². The van der Waals surface area contributed by atoms with Crippen LogP contribution in [0.1, 0.15) is 207 Å². The lowest BCUT2D eigenvalue weighted by Gasteiger charge is -2.26. The highest BCUT2D eigenvalue weighted by molar-refractivity contribution is 7.46. The summed E-state index contributed by atoms with van der Waals surface area (Å²) in [6.45, 7) is 5.73. The maximum atomic E-state index is 12.6. The molecule has 0 bridgehead atoms. The van der Waals surface area contributed by atoms with Gasteiger partial charge in [-0.3, -0.25) is 14.1 Å². The number of unbranched alkanes of at least 4 members (excludes halogenated alkanes) is 22. The molecule has 0 amide bonds. The second-order valence-corrected chi connectivity index (χ2v) is 15.2. The first kappa shape index (κ1) is 48.5. The molecule has 0 aromatic rings. The van der Waals surface area contributed by atoms with Crippen molar-refractivity contribution in [1.29, 1.82) is 0 Å². The van der Waals surface area contributed by atoms with Crippen molar-refractivity contribution in [2.24, 2.45) is 0 Å². The lowest BCUT2D eigenvalue weighted by atomic mass is 10.1. The maximum Gasteiger partial charge on any atom is 0.469 e. The van der Waals surface area contributed by atoms with Gasteiger partial charge in [-0.1, -0.05) is 148 Å². The Balaban J connectivity index is 4.23. The fraction of sp³-hybridized carbons (Fsp3) is 0.854. The van der Waals surface area contributed by atoms with Gasteiger partial charge in [-0.05, 0) is 70.6 Å². The van der Waals surface area contributed by atoms with E-state index in [1.165, 1.54) is 89.9 Å².